The molecule has 1 N–H and O–H groups in total. The van der Waals surface area contributed by atoms with Crippen LogP contribution in [-0.2, 0) is 9.53 Å². The number of morpholine rings is 1. The molecule has 3 rings (SSSR count). The van der Waals surface area contributed by atoms with Crippen molar-refractivity contribution in [3.8, 4) is 0 Å². The van der Waals surface area contributed by atoms with Crippen LogP contribution in [-0.4, -0.2) is 48.3 Å². The van der Waals surface area contributed by atoms with E-state index < -0.39 is 0 Å². The van der Waals surface area contributed by atoms with Crippen LogP contribution < -0.4 is 5.32 Å². The predicted molar refractivity (Wildman–Crippen MR) is 77.1 cm³/mol. The molecule has 20 heavy (non-hydrogen) atoms. The van der Waals surface area contributed by atoms with Gasteiger partial charge in [0.05, 0.1) is 30.7 Å². The second-order valence-corrected chi connectivity index (χ2v) is 5.99. The summed E-state index contributed by atoms with van der Waals surface area (Å²) in [5.41, 5.74) is 1.35. The predicted octanol–water partition coefficient (Wildman–Crippen LogP) is 1.59. The molecule has 1 saturated heterocycles. The number of fused-ring (bicyclic) bond motifs is 1. The van der Waals surface area contributed by atoms with Crippen LogP contribution in [0.5, 0.6) is 0 Å². The van der Waals surface area contributed by atoms with E-state index >= 15 is 0 Å². The second kappa shape index (κ2) is 5.46. The van der Waals surface area contributed by atoms with Gasteiger partial charge in [0.25, 0.3) is 5.91 Å². The van der Waals surface area contributed by atoms with Gasteiger partial charge in [0.1, 0.15) is 0 Å². The van der Waals surface area contributed by atoms with E-state index in [1.165, 1.54) is 11.8 Å². The Labute approximate surface area is 121 Å². The third-order valence-electron chi connectivity index (χ3n) is 3.49. The van der Waals surface area contributed by atoms with Crippen molar-refractivity contribution in [2.24, 2.45) is 0 Å². The summed E-state index contributed by atoms with van der Waals surface area (Å²) in [6, 6.07) is 5.58. The van der Waals surface area contributed by atoms with Crippen molar-refractivity contribution in [3.05, 3.63) is 23.8 Å². The summed E-state index contributed by atoms with van der Waals surface area (Å²) >= 11 is 1.50. The maximum Gasteiger partial charge on any atom is 0.254 e. The van der Waals surface area contributed by atoms with Crippen molar-refractivity contribution >= 4 is 29.3 Å². The SMILES string of the molecule is CC1COCCN1C(=O)c1ccc2c(c1)NC(=O)CS2. The molecule has 2 amide bonds. The van der Waals surface area contributed by atoms with Gasteiger partial charge in [-0.25, -0.2) is 0 Å². The number of hydrogen-bond acceptors (Lipinski definition) is 4. The Morgan fingerprint density at radius 1 is 1.50 bits per heavy atom. The van der Waals surface area contributed by atoms with Crippen LogP contribution in [0.15, 0.2) is 23.1 Å². The van der Waals surface area contributed by atoms with Gasteiger partial charge in [-0.1, -0.05) is 0 Å². The summed E-state index contributed by atoms with van der Waals surface area (Å²) in [4.78, 5) is 26.8. The van der Waals surface area contributed by atoms with E-state index in [9.17, 15) is 9.59 Å². The number of benzene rings is 1. The molecule has 0 aliphatic carbocycles. The smallest absolute Gasteiger partial charge is 0.254 e. The molecule has 2 heterocycles. The van der Waals surface area contributed by atoms with Crippen LogP contribution in [0.2, 0.25) is 0 Å². The normalized spacial score (nSPS) is 22.1. The lowest BCUT2D eigenvalue weighted by Crippen LogP contribution is -2.47. The zero-order chi connectivity index (χ0) is 14.1. The third kappa shape index (κ3) is 2.53. The number of carbonyl (C=O) groups excluding carboxylic acids is 2. The number of hydrogen-bond donors (Lipinski definition) is 1. The molecule has 5 nitrogen and oxygen atoms in total. The van der Waals surface area contributed by atoms with Gasteiger partial charge in [-0.3, -0.25) is 9.59 Å². The van der Waals surface area contributed by atoms with Gasteiger partial charge in [0.15, 0.2) is 0 Å². The van der Waals surface area contributed by atoms with Gasteiger partial charge in [0.2, 0.25) is 5.91 Å². The minimum Gasteiger partial charge on any atom is -0.377 e. The van der Waals surface area contributed by atoms with E-state index in [-0.39, 0.29) is 17.9 Å². The van der Waals surface area contributed by atoms with E-state index in [1.807, 2.05) is 24.0 Å². The fourth-order valence-electron chi connectivity index (χ4n) is 2.41. The minimum absolute atomic E-state index is 0.00609. The van der Waals surface area contributed by atoms with Crippen molar-refractivity contribution in [2.75, 3.05) is 30.8 Å². The van der Waals surface area contributed by atoms with E-state index in [2.05, 4.69) is 5.32 Å². The first kappa shape index (κ1) is 13.5. The first-order valence-corrected chi connectivity index (χ1v) is 7.59. The lowest BCUT2D eigenvalue weighted by atomic mass is 10.1. The highest BCUT2D eigenvalue weighted by Gasteiger charge is 2.26. The highest BCUT2D eigenvalue weighted by atomic mass is 32.2. The standard InChI is InChI=1S/C14H16N2O3S/c1-9-7-19-5-4-16(9)14(18)10-2-3-12-11(6-10)15-13(17)8-20-12/h2-3,6,9H,4-5,7-8H2,1H3,(H,15,17). The molecule has 0 bridgehead atoms. The summed E-state index contributed by atoms with van der Waals surface area (Å²) in [6.07, 6.45) is 0. The summed E-state index contributed by atoms with van der Waals surface area (Å²) in [7, 11) is 0. The molecule has 1 atom stereocenters. The number of rotatable bonds is 1. The summed E-state index contributed by atoms with van der Waals surface area (Å²) in [5.74, 6) is 0.404. The Hall–Kier alpha value is -1.53. The molecule has 0 saturated carbocycles. The Balaban J connectivity index is 1.85. The molecule has 0 radical (unpaired) electrons. The highest BCUT2D eigenvalue weighted by Crippen LogP contribution is 2.32. The maximum absolute atomic E-state index is 12.5. The number of ether oxygens (including phenoxy) is 1. The lowest BCUT2D eigenvalue weighted by Gasteiger charge is -2.33. The van der Waals surface area contributed by atoms with Gasteiger partial charge in [-0.2, -0.15) is 0 Å². The van der Waals surface area contributed by atoms with E-state index in [1.54, 1.807) is 6.07 Å². The quantitative estimate of drug-likeness (QED) is 0.854. The van der Waals surface area contributed by atoms with Crippen molar-refractivity contribution < 1.29 is 14.3 Å². The van der Waals surface area contributed by atoms with Crippen molar-refractivity contribution in [1.82, 2.24) is 4.90 Å². The number of carbonyl (C=O) groups is 2. The topological polar surface area (TPSA) is 58.6 Å². The molecule has 6 heteroatoms. The number of amides is 2. The fourth-order valence-corrected chi connectivity index (χ4v) is 3.20. The van der Waals surface area contributed by atoms with Crippen molar-refractivity contribution in [2.45, 2.75) is 17.9 Å². The highest BCUT2D eigenvalue weighted by molar-refractivity contribution is 8.00. The zero-order valence-electron chi connectivity index (χ0n) is 11.2. The molecule has 1 aromatic carbocycles. The van der Waals surface area contributed by atoms with E-state index in [4.69, 9.17) is 4.74 Å². The van der Waals surface area contributed by atoms with Crippen LogP contribution >= 0.6 is 11.8 Å². The average molecular weight is 292 g/mol. The van der Waals surface area contributed by atoms with Crippen molar-refractivity contribution in [3.63, 3.8) is 0 Å². The van der Waals surface area contributed by atoms with Gasteiger partial charge >= 0.3 is 0 Å². The van der Waals surface area contributed by atoms with Crippen LogP contribution in [0, 0.1) is 0 Å². The van der Waals surface area contributed by atoms with Crippen molar-refractivity contribution in [1.29, 1.82) is 0 Å². The average Bonchev–Trinajstić information content (AvgIpc) is 2.46. The lowest BCUT2D eigenvalue weighted by molar-refractivity contribution is -0.113. The van der Waals surface area contributed by atoms with Gasteiger partial charge < -0.3 is 15.0 Å². The molecular weight excluding hydrogens is 276 g/mol. The number of thioether (sulfide) groups is 1. The van der Waals surface area contributed by atoms with Crippen LogP contribution in [0.25, 0.3) is 0 Å². The van der Waals surface area contributed by atoms with E-state index in [0.717, 1.165) is 10.6 Å². The van der Waals surface area contributed by atoms with Crippen LogP contribution in [0.1, 0.15) is 17.3 Å². The minimum atomic E-state index is -0.0214. The molecule has 0 aromatic heterocycles. The largest absolute Gasteiger partial charge is 0.377 e. The number of anilines is 1. The zero-order valence-corrected chi connectivity index (χ0v) is 12.0. The number of nitrogens with one attached hydrogen (secondary N) is 1. The molecule has 1 aromatic rings. The van der Waals surface area contributed by atoms with Crippen LogP contribution in [0.4, 0.5) is 5.69 Å². The Morgan fingerprint density at radius 3 is 3.15 bits per heavy atom. The molecule has 2 aliphatic heterocycles. The monoisotopic (exact) mass is 292 g/mol. The first-order chi connectivity index (χ1) is 9.65. The fraction of sp³-hybridized carbons (Fsp3) is 0.429. The maximum atomic E-state index is 12.5. The van der Waals surface area contributed by atoms with E-state index in [0.29, 0.717) is 31.1 Å². The molecule has 106 valence electrons. The first-order valence-electron chi connectivity index (χ1n) is 6.60. The Bertz CT molecular complexity index is 561. The van der Waals surface area contributed by atoms with Crippen LogP contribution in [0.3, 0.4) is 0 Å². The van der Waals surface area contributed by atoms with Gasteiger partial charge in [-0.15, -0.1) is 11.8 Å². The Kier molecular flexibility index (Phi) is 3.67. The molecule has 1 fully saturated rings. The molecular formula is C14H16N2O3S. The Morgan fingerprint density at radius 2 is 2.35 bits per heavy atom. The second-order valence-electron chi connectivity index (χ2n) is 4.97. The molecule has 0 spiro atoms. The number of nitrogens with zero attached hydrogens (tertiary/aromatic N) is 1. The van der Waals surface area contributed by atoms with Gasteiger partial charge in [0, 0.05) is 17.0 Å². The molecule has 2 aliphatic rings. The summed E-state index contributed by atoms with van der Waals surface area (Å²) in [6.45, 7) is 3.74. The van der Waals surface area contributed by atoms with Gasteiger partial charge in [-0.05, 0) is 25.1 Å². The molecule has 1 unspecified atom stereocenters. The summed E-state index contributed by atoms with van der Waals surface area (Å²) in [5, 5.41) is 2.81. The third-order valence-corrected chi connectivity index (χ3v) is 4.56. The summed E-state index contributed by atoms with van der Waals surface area (Å²) < 4.78 is 5.35.